The van der Waals surface area contributed by atoms with Crippen molar-refractivity contribution in [3.63, 3.8) is 0 Å². The summed E-state index contributed by atoms with van der Waals surface area (Å²) in [5, 5.41) is 5.72. The molecule has 34 heavy (non-hydrogen) atoms. The Morgan fingerprint density at radius 2 is 1.56 bits per heavy atom. The molecular weight excluding hydrogens is 466 g/mol. The van der Waals surface area contributed by atoms with Crippen LogP contribution in [0.4, 0.5) is 11.4 Å². The molecule has 4 rings (SSSR count). The van der Waals surface area contributed by atoms with Gasteiger partial charge in [-0.3, -0.25) is 14.4 Å². The Bertz CT molecular complexity index is 1350. The highest BCUT2D eigenvalue weighted by molar-refractivity contribution is 8.00. The number of carbonyl (C=O) groups excluding carboxylic acids is 3. The van der Waals surface area contributed by atoms with E-state index < -0.39 is 0 Å². The van der Waals surface area contributed by atoms with Crippen molar-refractivity contribution in [1.82, 2.24) is 4.98 Å². The molecule has 172 valence electrons. The zero-order valence-electron chi connectivity index (χ0n) is 18.8. The molecule has 0 fully saturated rings. The summed E-state index contributed by atoms with van der Waals surface area (Å²) in [4.78, 5) is 40.2. The molecule has 0 radical (unpaired) electrons. The predicted octanol–water partition coefficient (Wildman–Crippen LogP) is 6.39. The van der Waals surface area contributed by atoms with E-state index in [0.29, 0.717) is 23.2 Å². The van der Waals surface area contributed by atoms with Crippen LogP contribution in [0, 0.1) is 0 Å². The zero-order valence-corrected chi connectivity index (χ0v) is 20.4. The van der Waals surface area contributed by atoms with Crippen molar-refractivity contribution >= 4 is 62.3 Å². The molecule has 6 nitrogen and oxygen atoms in total. The minimum atomic E-state index is -0.202. The van der Waals surface area contributed by atoms with Gasteiger partial charge in [0.05, 0.1) is 10.2 Å². The van der Waals surface area contributed by atoms with Crippen LogP contribution in [0.2, 0.25) is 0 Å². The number of thioether (sulfide) groups is 1. The summed E-state index contributed by atoms with van der Waals surface area (Å²) in [5.74, 6) is 0.504. The van der Waals surface area contributed by atoms with Gasteiger partial charge in [-0.05, 0) is 67.1 Å². The minimum Gasteiger partial charge on any atom is -0.326 e. The van der Waals surface area contributed by atoms with Crippen LogP contribution in [-0.4, -0.2) is 22.6 Å². The Hall–Kier alpha value is -3.49. The van der Waals surface area contributed by atoms with Crippen molar-refractivity contribution in [2.24, 2.45) is 0 Å². The number of ketones is 1. The Kier molecular flexibility index (Phi) is 7.40. The largest absolute Gasteiger partial charge is 0.326 e. The van der Waals surface area contributed by atoms with Crippen LogP contribution in [0.15, 0.2) is 71.1 Å². The van der Waals surface area contributed by atoms with E-state index in [2.05, 4.69) is 15.6 Å². The molecule has 0 bridgehead atoms. The van der Waals surface area contributed by atoms with Crippen molar-refractivity contribution in [3.05, 3.63) is 83.4 Å². The molecule has 8 heteroatoms. The van der Waals surface area contributed by atoms with E-state index in [1.807, 2.05) is 37.3 Å². The van der Waals surface area contributed by atoms with Crippen molar-refractivity contribution in [3.8, 4) is 0 Å². The first kappa shape index (κ1) is 23.7. The topological polar surface area (TPSA) is 88.2 Å². The summed E-state index contributed by atoms with van der Waals surface area (Å²) >= 11 is 3.23. The standard InChI is InChI=1S/C26H23N3O3S2/c1-3-24(31)27-21-12-13-22-23(14-21)34-26(29-22)33-15-17-4-6-19(7-5-17)25(32)28-20-10-8-18(9-11-20)16(2)30/h4-14H,3,15H2,1-2H3,(H,27,31)(H,28,32). The van der Waals surface area contributed by atoms with E-state index in [1.54, 1.807) is 59.5 Å². The van der Waals surface area contributed by atoms with E-state index in [-0.39, 0.29) is 17.6 Å². The Morgan fingerprint density at radius 3 is 2.24 bits per heavy atom. The molecule has 0 unspecified atom stereocenters. The van der Waals surface area contributed by atoms with E-state index >= 15 is 0 Å². The van der Waals surface area contributed by atoms with Gasteiger partial charge in [-0.15, -0.1) is 11.3 Å². The van der Waals surface area contributed by atoms with Gasteiger partial charge >= 0.3 is 0 Å². The Labute approximate surface area is 205 Å². The molecule has 0 atom stereocenters. The van der Waals surface area contributed by atoms with Crippen LogP contribution in [-0.2, 0) is 10.5 Å². The number of nitrogens with one attached hydrogen (secondary N) is 2. The Balaban J connectivity index is 1.35. The number of amides is 2. The van der Waals surface area contributed by atoms with Crippen LogP contribution in [0.25, 0.3) is 10.2 Å². The lowest BCUT2D eigenvalue weighted by atomic mass is 10.1. The lowest BCUT2D eigenvalue weighted by molar-refractivity contribution is -0.115. The predicted molar refractivity (Wildman–Crippen MR) is 139 cm³/mol. The average Bonchev–Trinajstić information content (AvgIpc) is 3.25. The van der Waals surface area contributed by atoms with E-state index in [9.17, 15) is 14.4 Å². The normalized spacial score (nSPS) is 10.8. The van der Waals surface area contributed by atoms with Crippen molar-refractivity contribution < 1.29 is 14.4 Å². The molecule has 4 aromatic rings. The second-order valence-electron chi connectivity index (χ2n) is 7.64. The van der Waals surface area contributed by atoms with Gasteiger partial charge in [0.25, 0.3) is 5.91 Å². The number of rotatable bonds is 8. The maximum absolute atomic E-state index is 12.5. The first-order valence-corrected chi connectivity index (χ1v) is 12.6. The smallest absolute Gasteiger partial charge is 0.255 e. The van der Waals surface area contributed by atoms with Gasteiger partial charge in [0.1, 0.15) is 0 Å². The number of nitrogens with zero attached hydrogens (tertiary/aromatic N) is 1. The maximum atomic E-state index is 12.5. The molecule has 0 spiro atoms. The van der Waals surface area contributed by atoms with E-state index in [4.69, 9.17) is 0 Å². The molecule has 1 aromatic heterocycles. The summed E-state index contributed by atoms with van der Waals surface area (Å²) in [5.41, 5.74) is 4.58. The number of carbonyl (C=O) groups is 3. The fraction of sp³-hybridized carbons (Fsp3) is 0.154. The van der Waals surface area contributed by atoms with Crippen LogP contribution in [0.1, 0.15) is 46.5 Å². The summed E-state index contributed by atoms with van der Waals surface area (Å²) in [6.45, 7) is 3.33. The molecule has 1 heterocycles. The fourth-order valence-electron chi connectivity index (χ4n) is 3.18. The van der Waals surface area contributed by atoms with Gasteiger partial charge < -0.3 is 10.6 Å². The number of hydrogen-bond donors (Lipinski definition) is 2. The van der Waals surface area contributed by atoms with Crippen molar-refractivity contribution in [2.45, 2.75) is 30.4 Å². The number of fused-ring (bicyclic) bond motifs is 1. The van der Waals surface area contributed by atoms with Gasteiger partial charge in [0.15, 0.2) is 10.1 Å². The van der Waals surface area contributed by atoms with Gasteiger partial charge in [-0.25, -0.2) is 4.98 Å². The third-order valence-electron chi connectivity index (χ3n) is 5.10. The molecule has 2 N–H and O–H groups in total. The van der Waals surface area contributed by atoms with E-state index in [0.717, 1.165) is 31.6 Å². The molecule has 0 saturated carbocycles. The van der Waals surface area contributed by atoms with Gasteiger partial charge in [-0.2, -0.15) is 0 Å². The summed E-state index contributed by atoms with van der Waals surface area (Å²) < 4.78 is 1.98. The summed E-state index contributed by atoms with van der Waals surface area (Å²) in [7, 11) is 0. The molecule has 0 aliphatic carbocycles. The molecule has 2 amide bonds. The first-order chi connectivity index (χ1) is 16.4. The highest BCUT2D eigenvalue weighted by Gasteiger charge is 2.09. The number of anilines is 2. The van der Waals surface area contributed by atoms with Crippen LogP contribution >= 0.6 is 23.1 Å². The van der Waals surface area contributed by atoms with E-state index in [1.165, 1.54) is 6.92 Å². The third-order valence-corrected chi connectivity index (χ3v) is 7.33. The SMILES string of the molecule is CCC(=O)Nc1ccc2nc(SCc3ccc(C(=O)Nc4ccc(C(C)=O)cc4)cc3)sc2c1. The maximum Gasteiger partial charge on any atom is 0.255 e. The summed E-state index contributed by atoms with van der Waals surface area (Å²) in [6.07, 6.45) is 0.441. The van der Waals surface area contributed by atoms with Crippen molar-refractivity contribution in [1.29, 1.82) is 0 Å². The van der Waals surface area contributed by atoms with Gasteiger partial charge in [0.2, 0.25) is 5.91 Å². The second kappa shape index (κ2) is 10.6. The van der Waals surface area contributed by atoms with Gasteiger partial charge in [-0.1, -0.05) is 30.8 Å². The highest BCUT2D eigenvalue weighted by atomic mass is 32.2. The number of aromatic nitrogens is 1. The quantitative estimate of drug-likeness (QED) is 0.221. The molecular formula is C26H23N3O3S2. The van der Waals surface area contributed by atoms with Gasteiger partial charge in [0, 0.05) is 34.7 Å². The second-order valence-corrected chi connectivity index (χ2v) is 9.89. The zero-order chi connectivity index (χ0) is 24.1. The summed E-state index contributed by atoms with van der Waals surface area (Å²) in [6, 6.07) is 20.0. The molecule has 0 aliphatic rings. The number of hydrogen-bond acceptors (Lipinski definition) is 6. The lowest BCUT2D eigenvalue weighted by Crippen LogP contribution is -2.11. The van der Waals surface area contributed by atoms with Crippen LogP contribution in [0.3, 0.4) is 0 Å². The van der Waals surface area contributed by atoms with Crippen molar-refractivity contribution in [2.75, 3.05) is 10.6 Å². The minimum absolute atomic E-state index is 0.0117. The first-order valence-electron chi connectivity index (χ1n) is 10.8. The molecule has 3 aromatic carbocycles. The number of Topliss-reactive ketones (excluding diaryl/α,β-unsaturated/α-hetero) is 1. The number of thiazole rings is 1. The third kappa shape index (κ3) is 5.89. The average molecular weight is 490 g/mol. The molecule has 0 saturated heterocycles. The highest BCUT2D eigenvalue weighted by Crippen LogP contribution is 2.33. The molecule has 0 aliphatic heterocycles. The lowest BCUT2D eigenvalue weighted by Gasteiger charge is -2.07. The monoisotopic (exact) mass is 489 g/mol. The van der Waals surface area contributed by atoms with Crippen LogP contribution in [0.5, 0.6) is 0 Å². The van der Waals surface area contributed by atoms with Crippen LogP contribution < -0.4 is 10.6 Å². The number of benzene rings is 3. The fourth-order valence-corrected chi connectivity index (χ4v) is 5.24. The Morgan fingerprint density at radius 1 is 0.882 bits per heavy atom.